The fourth-order valence-corrected chi connectivity index (χ4v) is 3.73. The number of nitrogens with zero attached hydrogens (tertiary/aromatic N) is 2. The first-order chi connectivity index (χ1) is 10.5. The van der Waals surface area contributed by atoms with E-state index in [1.807, 2.05) is 6.92 Å². The summed E-state index contributed by atoms with van der Waals surface area (Å²) in [7, 11) is 1.60. The lowest BCUT2D eigenvalue weighted by Gasteiger charge is -2.31. The number of aliphatic imine (C=N–C) groups is 1. The van der Waals surface area contributed by atoms with Crippen LogP contribution in [0.3, 0.4) is 0 Å². The van der Waals surface area contributed by atoms with Crippen LogP contribution in [0.4, 0.5) is 8.78 Å². The number of ether oxygens (including phenoxy) is 1. The van der Waals surface area contributed by atoms with E-state index in [9.17, 15) is 8.78 Å². The minimum atomic E-state index is -0.779. The zero-order valence-electron chi connectivity index (χ0n) is 13.2. The molecule has 0 radical (unpaired) electrons. The van der Waals surface area contributed by atoms with Crippen LogP contribution in [0.2, 0.25) is 0 Å². The van der Waals surface area contributed by atoms with Crippen LogP contribution in [0.25, 0.3) is 0 Å². The normalized spacial score (nSPS) is 32.5. The third-order valence-corrected chi connectivity index (χ3v) is 4.93. The number of alkyl halides is 1. The monoisotopic (exact) mass is 311 g/mol. The van der Waals surface area contributed by atoms with Gasteiger partial charge < -0.3 is 10.1 Å². The molecule has 122 valence electrons. The van der Waals surface area contributed by atoms with Crippen molar-refractivity contribution in [2.75, 3.05) is 26.7 Å². The van der Waals surface area contributed by atoms with Crippen LogP contribution < -0.4 is 5.32 Å². The first-order valence-electron chi connectivity index (χ1n) is 7.85. The zero-order chi connectivity index (χ0) is 15.7. The van der Waals surface area contributed by atoms with Gasteiger partial charge in [0.1, 0.15) is 18.6 Å². The van der Waals surface area contributed by atoms with Gasteiger partial charge in [-0.05, 0) is 44.4 Å². The van der Waals surface area contributed by atoms with E-state index in [4.69, 9.17) is 4.74 Å². The van der Waals surface area contributed by atoms with Crippen LogP contribution >= 0.6 is 0 Å². The highest BCUT2D eigenvalue weighted by Gasteiger charge is 2.49. The van der Waals surface area contributed by atoms with Crippen LogP contribution in [0.1, 0.15) is 32.6 Å². The van der Waals surface area contributed by atoms with Crippen molar-refractivity contribution in [2.45, 2.75) is 44.3 Å². The largest absolute Gasteiger partial charge is 0.463 e. The molecular formula is C16H23F2N3O. The van der Waals surface area contributed by atoms with Crippen molar-refractivity contribution in [2.24, 2.45) is 4.99 Å². The van der Waals surface area contributed by atoms with Crippen LogP contribution in [0, 0.1) is 0 Å². The molecule has 0 amide bonds. The zero-order valence-corrected chi connectivity index (χ0v) is 13.2. The summed E-state index contributed by atoms with van der Waals surface area (Å²) in [6.45, 7) is 3.69. The average molecular weight is 311 g/mol. The first kappa shape index (κ1) is 15.5. The third kappa shape index (κ3) is 2.76. The van der Waals surface area contributed by atoms with Gasteiger partial charge in [0.15, 0.2) is 0 Å². The molecule has 2 saturated heterocycles. The predicted octanol–water partition coefficient (Wildman–Crippen LogP) is 2.69. The second-order valence-corrected chi connectivity index (χ2v) is 6.43. The van der Waals surface area contributed by atoms with Crippen molar-refractivity contribution in [3.05, 3.63) is 23.2 Å². The maximum atomic E-state index is 13.7. The Morgan fingerprint density at radius 3 is 3.09 bits per heavy atom. The second kappa shape index (κ2) is 5.99. The van der Waals surface area contributed by atoms with Gasteiger partial charge in [-0.1, -0.05) is 0 Å². The number of amidine groups is 1. The molecule has 2 heterocycles. The fraction of sp³-hybridized carbons (Fsp3) is 0.688. The number of nitrogens with one attached hydrogen (secondary N) is 1. The summed E-state index contributed by atoms with van der Waals surface area (Å²) >= 11 is 0. The Balaban J connectivity index is 1.63. The lowest BCUT2D eigenvalue weighted by Crippen LogP contribution is -2.44. The molecular weight excluding hydrogens is 288 g/mol. The van der Waals surface area contributed by atoms with Gasteiger partial charge in [-0.2, -0.15) is 0 Å². The number of halogens is 2. The molecule has 3 rings (SSSR count). The molecule has 0 aromatic carbocycles. The van der Waals surface area contributed by atoms with E-state index in [0.717, 1.165) is 25.0 Å². The third-order valence-electron chi connectivity index (χ3n) is 4.93. The van der Waals surface area contributed by atoms with Gasteiger partial charge in [0.05, 0.1) is 11.2 Å². The Hall–Kier alpha value is -1.43. The van der Waals surface area contributed by atoms with Gasteiger partial charge in [0, 0.05) is 20.0 Å². The molecule has 1 N–H and O–H groups in total. The average Bonchev–Trinajstić information content (AvgIpc) is 3.09. The number of rotatable bonds is 3. The van der Waals surface area contributed by atoms with Gasteiger partial charge in [0.2, 0.25) is 0 Å². The molecule has 4 nitrogen and oxygen atoms in total. The van der Waals surface area contributed by atoms with Crippen LogP contribution in [0.5, 0.6) is 0 Å². The number of fused-ring (bicyclic) bond motifs is 1. The summed E-state index contributed by atoms with van der Waals surface area (Å²) in [6.07, 6.45) is 3.89. The van der Waals surface area contributed by atoms with Crippen molar-refractivity contribution in [3.8, 4) is 0 Å². The van der Waals surface area contributed by atoms with Crippen molar-refractivity contribution in [3.63, 3.8) is 0 Å². The highest BCUT2D eigenvalue weighted by Crippen LogP contribution is 2.40. The molecule has 0 bridgehead atoms. The van der Waals surface area contributed by atoms with E-state index in [1.165, 1.54) is 6.08 Å². The molecule has 2 fully saturated rings. The van der Waals surface area contributed by atoms with Gasteiger partial charge in [-0.3, -0.25) is 4.90 Å². The molecule has 0 spiro atoms. The minimum Gasteiger partial charge on any atom is -0.463 e. The topological polar surface area (TPSA) is 36.9 Å². The molecule has 3 aliphatic rings. The van der Waals surface area contributed by atoms with E-state index < -0.39 is 6.17 Å². The summed E-state index contributed by atoms with van der Waals surface area (Å²) < 4.78 is 33.2. The summed E-state index contributed by atoms with van der Waals surface area (Å²) in [4.78, 5) is 6.24. The first-order valence-corrected chi connectivity index (χ1v) is 7.85. The van der Waals surface area contributed by atoms with Crippen LogP contribution in [-0.2, 0) is 4.74 Å². The molecule has 22 heavy (non-hydrogen) atoms. The van der Waals surface area contributed by atoms with Crippen molar-refractivity contribution < 1.29 is 13.5 Å². The Morgan fingerprint density at radius 1 is 1.59 bits per heavy atom. The standard InChI is InChI=1S/C16H23F2N3O/c1-11-4-5-13(18)14(11)20-15(19-2)22-10-16-6-3-7-21(16)9-12(17)8-16/h5,12H,3-4,6-10H2,1-2H3,(H,19,20)/t12-,16+/m1/s1. The lowest BCUT2D eigenvalue weighted by atomic mass is 9.95. The summed E-state index contributed by atoms with van der Waals surface area (Å²) in [5.74, 6) is -0.271. The van der Waals surface area contributed by atoms with E-state index >= 15 is 0 Å². The Kier molecular flexibility index (Phi) is 4.21. The molecule has 2 aliphatic heterocycles. The van der Waals surface area contributed by atoms with Crippen molar-refractivity contribution in [1.29, 1.82) is 0 Å². The van der Waals surface area contributed by atoms with E-state index in [0.29, 0.717) is 37.7 Å². The maximum Gasteiger partial charge on any atom is 0.289 e. The minimum absolute atomic E-state index is 0.218. The van der Waals surface area contributed by atoms with Crippen molar-refractivity contribution in [1.82, 2.24) is 10.2 Å². The molecule has 0 aromatic heterocycles. The fourth-order valence-electron chi connectivity index (χ4n) is 3.73. The number of allylic oxidation sites excluding steroid dienone is 3. The highest BCUT2D eigenvalue weighted by atomic mass is 19.1. The lowest BCUT2D eigenvalue weighted by molar-refractivity contribution is 0.104. The van der Waals surface area contributed by atoms with E-state index in [-0.39, 0.29) is 11.4 Å². The van der Waals surface area contributed by atoms with Crippen LogP contribution in [-0.4, -0.2) is 49.4 Å². The molecule has 2 atom stereocenters. The Morgan fingerprint density at radius 2 is 2.41 bits per heavy atom. The predicted molar refractivity (Wildman–Crippen MR) is 82.0 cm³/mol. The van der Waals surface area contributed by atoms with E-state index in [2.05, 4.69) is 15.2 Å². The molecule has 0 saturated carbocycles. The molecule has 0 unspecified atom stereocenters. The van der Waals surface area contributed by atoms with Gasteiger partial charge in [0.25, 0.3) is 6.02 Å². The number of hydrogen-bond donors (Lipinski definition) is 1. The van der Waals surface area contributed by atoms with Gasteiger partial charge >= 0.3 is 0 Å². The maximum absolute atomic E-state index is 13.7. The van der Waals surface area contributed by atoms with Crippen molar-refractivity contribution >= 4 is 6.02 Å². The van der Waals surface area contributed by atoms with Gasteiger partial charge in [-0.15, -0.1) is 0 Å². The summed E-state index contributed by atoms with van der Waals surface area (Å²) in [5.41, 5.74) is 1.15. The smallest absolute Gasteiger partial charge is 0.289 e. The summed E-state index contributed by atoms with van der Waals surface area (Å²) in [6, 6.07) is 0.295. The second-order valence-electron chi connectivity index (χ2n) is 6.43. The van der Waals surface area contributed by atoms with Crippen LogP contribution in [0.15, 0.2) is 28.2 Å². The highest BCUT2D eigenvalue weighted by molar-refractivity contribution is 5.77. The molecule has 6 heteroatoms. The van der Waals surface area contributed by atoms with Gasteiger partial charge in [-0.25, -0.2) is 13.8 Å². The number of hydrogen-bond acceptors (Lipinski definition) is 3. The molecule has 1 aliphatic carbocycles. The molecule has 0 aromatic rings. The Bertz CT molecular complexity index is 544. The SMILES string of the molecule is CN=C(NC1=C(C)CC=C1F)OC[C@@]12CCCN1C[C@H](F)C2. The Labute approximate surface area is 129 Å². The quantitative estimate of drug-likeness (QED) is 0.643. The summed E-state index contributed by atoms with van der Waals surface area (Å²) in [5, 5.41) is 2.93. The van der Waals surface area contributed by atoms with E-state index in [1.54, 1.807) is 7.05 Å².